The van der Waals surface area contributed by atoms with E-state index in [1.54, 1.807) is 0 Å². The number of benzene rings is 1. The number of rotatable bonds is 10. The van der Waals surface area contributed by atoms with Crippen LogP contribution < -0.4 is 10.6 Å². The van der Waals surface area contributed by atoms with Crippen molar-refractivity contribution in [1.29, 1.82) is 0 Å². The van der Waals surface area contributed by atoms with Crippen molar-refractivity contribution >= 4 is 17.7 Å². The summed E-state index contributed by atoms with van der Waals surface area (Å²) in [6, 6.07) is 5.35. The van der Waals surface area contributed by atoms with Gasteiger partial charge in [0.1, 0.15) is 5.82 Å². The van der Waals surface area contributed by atoms with Crippen LogP contribution in [0.1, 0.15) is 62.2 Å². The molecular formula is C22H32FN3O3. The van der Waals surface area contributed by atoms with Gasteiger partial charge in [-0.05, 0) is 49.9 Å². The van der Waals surface area contributed by atoms with Crippen molar-refractivity contribution in [3.05, 3.63) is 35.6 Å². The van der Waals surface area contributed by atoms with Gasteiger partial charge in [0.25, 0.3) is 5.91 Å². The fourth-order valence-corrected chi connectivity index (χ4v) is 3.42. The lowest BCUT2D eigenvalue weighted by atomic mass is 9.95. The quantitative estimate of drug-likeness (QED) is 0.588. The average Bonchev–Trinajstić information content (AvgIpc) is 2.74. The van der Waals surface area contributed by atoms with Crippen molar-refractivity contribution < 1.29 is 18.8 Å². The summed E-state index contributed by atoms with van der Waals surface area (Å²) in [6.07, 6.45) is 5.57. The van der Waals surface area contributed by atoms with Crippen molar-refractivity contribution in [3.8, 4) is 0 Å². The SMILES string of the molecule is CCCCCNC(=O)C1CCN(C(=O)CCCNC(=O)c2ccc(F)cc2)CC1. The molecule has 0 aliphatic carbocycles. The van der Waals surface area contributed by atoms with Gasteiger partial charge in [-0.1, -0.05) is 19.8 Å². The molecule has 0 bridgehead atoms. The number of hydrogen-bond donors (Lipinski definition) is 2. The fourth-order valence-electron chi connectivity index (χ4n) is 3.42. The molecule has 2 rings (SSSR count). The summed E-state index contributed by atoms with van der Waals surface area (Å²) in [4.78, 5) is 38.3. The van der Waals surface area contributed by atoms with Gasteiger partial charge >= 0.3 is 0 Å². The molecule has 0 saturated carbocycles. The van der Waals surface area contributed by atoms with E-state index < -0.39 is 0 Å². The van der Waals surface area contributed by atoms with E-state index in [1.165, 1.54) is 24.3 Å². The van der Waals surface area contributed by atoms with Crippen molar-refractivity contribution in [2.24, 2.45) is 5.92 Å². The first-order valence-corrected chi connectivity index (χ1v) is 10.6. The highest BCUT2D eigenvalue weighted by Gasteiger charge is 2.26. The van der Waals surface area contributed by atoms with Crippen molar-refractivity contribution in [2.75, 3.05) is 26.2 Å². The highest BCUT2D eigenvalue weighted by molar-refractivity contribution is 5.94. The molecule has 6 nitrogen and oxygen atoms in total. The maximum atomic E-state index is 12.9. The van der Waals surface area contributed by atoms with Crippen LogP contribution in [0.25, 0.3) is 0 Å². The van der Waals surface area contributed by atoms with Gasteiger partial charge in [0.2, 0.25) is 11.8 Å². The van der Waals surface area contributed by atoms with Crippen LogP contribution in [0.2, 0.25) is 0 Å². The Kier molecular flexibility index (Phi) is 9.60. The number of hydrogen-bond acceptors (Lipinski definition) is 3. The lowest BCUT2D eigenvalue weighted by molar-refractivity contribution is -0.135. The number of nitrogens with zero attached hydrogens (tertiary/aromatic N) is 1. The number of amides is 3. The number of carbonyl (C=O) groups is 3. The monoisotopic (exact) mass is 405 g/mol. The summed E-state index contributed by atoms with van der Waals surface area (Å²) in [5, 5.41) is 5.74. The first-order chi connectivity index (χ1) is 14.0. The molecule has 160 valence electrons. The van der Waals surface area contributed by atoms with Crippen LogP contribution in [0.5, 0.6) is 0 Å². The minimum Gasteiger partial charge on any atom is -0.356 e. The van der Waals surface area contributed by atoms with E-state index in [9.17, 15) is 18.8 Å². The maximum Gasteiger partial charge on any atom is 0.251 e. The number of unbranched alkanes of at least 4 members (excludes halogenated alkanes) is 2. The number of halogens is 1. The second kappa shape index (κ2) is 12.2. The molecule has 0 unspecified atom stereocenters. The van der Waals surface area contributed by atoms with Crippen molar-refractivity contribution in [1.82, 2.24) is 15.5 Å². The molecule has 1 aliphatic heterocycles. The molecule has 1 saturated heterocycles. The van der Waals surface area contributed by atoms with Crippen molar-refractivity contribution in [2.45, 2.75) is 51.9 Å². The van der Waals surface area contributed by atoms with Crippen LogP contribution in [0.3, 0.4) is 0 Å². The van der Waals surface area contributed by atoms with Crippen LogP contribution in [-0.4, -0.2) is 48.8 Å². The lowest BCUT2D eigenvalue weighted by Crippen LogP contribution is -2.43. The van der Waals surface area contributed by atoms with Gasteiger partial charge < -0.3 is 15.5 Å². The minimum absolute atomic E-state index is 0.00401. The normalized spacial score (nSPS) is 14.5. The molecule has 3 amide bonds. The average molecular weight is 406 g/mol. The Morgan fingerprint density at radius 2 is 1.66 bits per heavy atom. The van der Waals surface area contributed by atoms with Gasteiger partial charge in [0, 0.05) is 44.1 Å². The van der Waals surface area contributed by atoms with E-state index in [2.05, 4.69) is 17.6 Å². The van der Waals surface area contributed by atoms with Crippen LogP contribution in [-0.2, 0) is 9.59 Å². The third kappa shape index (κ3) is 7.83. The Hall–Kier alpha value is -2.44. The predicted octanol–water partition coefficient (Wildman–Crippen LogP) is 2.88. The molecule has 0 aromatic heterocycles. The second-order valence-corrected chi connectivity index (χ2v) is 7.52. The summed E-state index contributed by atoms with van der Waals surface area (Å²) in [7, 11) is 0. The third-order valence-corrected chi connectivity index (χ3v) is 5.26. The predicted molar refractivity (Wildman–Crippen MR) is 110 cm³/mol. The van der Waals surface area contributed by atoms with E-state index >= 15 is 0 Å². The van der Waals surface area contributed by atoms with E-state index in [0.717, 1.165) is 25.8 Å². The standard InChI is InChI=1S/C22H32FN3O3/c1-2-3-4-13-24-22(29)18-11-15-26(16-12-18)20(27)6-5-14-25-21(28)17-7-9-19(23)10-8-17/h7-10,18H,2-6,11-16H2,1H3,(H,24,29)(H,25,28). The minimum atomic E-state index is -0.384. The maximum absolute atomic E-state index is 12.9. The molecule has 0 spiro atoms. The lowest BCUT2D eigenvalue weighted by Gasteiger charge is -2.31. The fraction of sp³-hybridized carbons (Fsp3) is 0.591. The first-order valence-electron chi connectivity index (χ1n) is 10.6. The van der Waals surface area contributed by atoms with Crippen LogP contribution in [0.15, 0.2) is 24.3 Å². The molecule has 7 heteroatoms. The zero-order valence-corrected chi connectivity index (χ0v) is 17.2. The van der Waals surface area contributed by atoms with E-state index in [1.807, 2.05) is 4.90 Å². The Morgan fingerprint density at radius 1 is 1.00 bits per heavy atom. The molecule has 2 N–H and O–H groups in total. The van der Waals surface area contributed by atoms with Crippen LogP contribution in [0, 0.1) is 11.7 Å². The van der Waals surface area contributed by atoms with Crippen LogP contribution in [0.4, 0.5) is 4.39 Å². The number of carbonyl (C=O) groups excluding carboxylic acids is 3. The molecule has 29 heavy (non-hydrogen) atoms. The third-order valence-electron chi connectivity index (χ3n) is 5.26. The second-order valence-electron chi connectivity index (χ2n) is 7.52. The Balaban J connectivity index is 1.60. The molecular weight excluding hydrogens is 373 g/mol. The van der Waals surface area contributed by atoms with Gasteiger partial charge in [-0.3, -0.25) is 14.4 Å². The van der Waals surface area contributed by atoms with E-state index in [4.69, 9.17) is 0 Å². The number of piperidine rings is 1. The summed E-state index contributed by atoms with van der Waals surface area (Å²) >= 11 is 0. The molecule has 0 atom stereocenters. The van der Waals surface area contributed by atoms with Gasteiger partial charge in [0.15, 0.2) is 0 Å². The van der Waals surface area contributed by atoms with Crippen LogP contribution >= 0.6 is 0 Å². The molecule has 1 aromatic rings. The molecule has 1 aromatic carbocycles. The van der Waals surface area contributed by atoms with Gasteiger partial charge in [-0.25, -0.2) is 4.39 Å². The zero-order chi connectivity index (χ0) is 21.1. The Bertz CT molecular complexity index is 670. The topological polar surface area (TPSA) is 78.5 Å². The summed E-state index contributed by atoms with van der Waals surface area (Å²) in [5.74, 6) is -0.497. The summed E-state index contributed by atoms with van der Waals surface area (Å²) in [5.41, 5.74) is 0.396. The zero-order valence-electron chi connectivity index (χ0n) is 17.2. The largest absolute Gasteiger partial charge is 0.356 e. The summed E-state index contributed by atoms with van der Waals surface area (Å²) < 4.78 is 12.9. The van der Waals surface area contributed by atoms with Gasteiger partial charge in [-0.15, -0.1) is 0 Å². The molecule has 1 heterocycles. The van der Waals surface area contributed by atoms with E-state index in [0.29, 0.717) is 50.9 Å². The van der Waals surface area contributed by atoms with Gasteiger partial charge in [-0.2, -0.15) is 0 Å². The highest BCUT2D eigenvalue weighted by Crippen LogP contribution is 2.18. The Morgan fingerprint density at radius 3 is 2.31 bits per heavy atom. The van der Waals surface area contributed by atoms with E-state index in [-0.39, 0.29) is 29.5 Å². The van der Waals surface area contributed by atoms with Crippen molar-refractivity contribution in [3.63, 3.8) is 0 Å². The first kappa shape index (κ1) is 22.8. The number of likely N-dealkylation sites (tertiary alicyclic amines) is 1. The molecule has 0 radical (unpaired) electrons. The number of nitrogens with one attached hydrogen (secondary N) is 2. The Labute approximate surface area is 172 Å². The smallest absolute Gasteiger partial charge is 0.251 e. The molecule has 1 fully saturated rings. The van der Waals surface area contributed by atoms with Gasteiger partial charge in [0.05, 0.1) is 0 Å². The highest BCUT2D eigenvalue weighted by atomic mass is 19.1. The summed E-state index contributed by atoms with van der Waals surface area (Å²) in [6.45, 7) is 4.46. The molecule has 1 aliphatic rings.